The molecule has 0 bridgehead atoms. The second-order valence-corrected chi connectivity index (χ2v) is 22.2. The van der Waals surface area contributed by atoms with Crippen molar-refractivity contribution in [3.63, 3.8) is 0 Å². The average molecular weight is 1130 g/mol. The van der Waals surface area contributed by atoms with Crippen LogP contribution in [0.15, 0.2) is 36.5 Å². The van der Waals surface area contributed by atoms with Crippen LogP contribution in [0.5, 0.6) is 0 Å². The number of rotatable bonds is 45. The largest absolute Gasteiger partial charge is 0.394 e. The van der Waals surface area contributed by atoms with Gasteiger partial charge in [-0.3, -0.25) is 4.79 Å². The molecule has 12 N–H and O–H groups in total. The van der Waals surface area contributed by atoms with Crippen LogP contribution < -0.4 is 5.32 Å². The lowest BCUT2D eigenvalue weighted by atomic mass is 9.96. The highest BCUT2D eigenvalue weighted by Crippen LogP contribution is 2.33. The first-order chi connectivity index (χ1) is 38.3. The molecule has 0 saturated carbocycles. The van der Waals surface area contributed by atoms with E-state index in [4.69, 9.17) is 28.4 Å². The van der Waals surface area contributed by atoms with Crippen molar-refractivity contribution in [1.29, 1.82) is 0 Å². The maximum atomic E-state index is 13.3. The fourth-order valence-electron chi connectivity index (χ4n) is 10.3. The molecule has 79 heavy (non-hydrogen) atoms. The zero-order valence-electron chi connectivity index (χ0n) is 48.1. The van der Waals surface area contributed by atoms with Gasteiger partial charge < -0.3 is 89.9 Å². The lowest BCUT2D eigenvalue weighted by Crippen LogP contribution is -2.66. The van der Waals surface area contributed by atoms with Gasteiger partial charge in [0.1, 0.15) is 73.2 Å². The first-order valence-electron chi connectivity index (χ1n) is 30.7. The molecule has 3 aliphatic heterocycles. The molecular weight excluding hydrogens is 1020 g/mol. The summed E-state index contributed by atoms with van der Waals surface area (Å²) >= 11 is 0. The van der Waals surface area contributed by atoms with Crippen LogP contribution in [-0.2, 0) is 33.2 Å². The molecule has 3 fully saturated rings. The Morgan fingerprint density at radius 3 is 1.27 bits per heavy atom. The predicted octanol–water partition coefficient (Wildman–Crippen LogP) is 5.71. The highest BCUT2D eigenvalue weighted by atomic mass is 16.8. The Labute approximate surface area is 472 Å². The van der Waals surface area contributed by atoms with Crippen LogP contribution >= 0.6 is 0 Å². The Bertz CT molecular complexity index is 1590. The number of aliphatic hydroxyl groups is 11. The third kappa shape index (κ3) is 27.5. The van der Waals surface area contributed by atoms with Crippen molar-refractivity contribution >= 4 is 5.91 Å². The summed E-state index contributed by atoms with van der Waals surface area (Å²) in [4.78, 5) is 13.3. The van der Waals surface area contributed by atoms with E-state index in [2.05, 4.69) is 43.5 Å². The summed E-state index contributed by atoms with van der Waals surface area (Å²) in [6, 6.07) is -0.992. The van der Waals surface area contributed by atoms with E-state index in [1.807, 2.05) is 6.08 Å². The third-order valence-corrected chi connectivity index (χ3v) is 15.4. The summed E-state index contributed by atoms with van der Waals surface area (Å²) in [5, 5.41) is 120. The van der Waals surface area contributed by atoms with Gasteiger partial charge in [-0.1, -0.05) is 192 Å². The van der Waals surface area contributed by atoms with Crippen molar-refractivity contribution in [3.8, 4) is 0 Å². The number of nitrogens with one attached hydrogen (secondary N) is 1. The molecule has 0 aromatic heterocycles. The molecular formula is C60H109NO18. The Morgan fingerprint density at radius 2 is 0.810 bits per heavy atom. The van der Waals surface area contributed by atoms with E-state index in [1.165, 1.54) is 128 Å². The molecule has 0 spiro atoms. The summed E-state index contributed by atoms with van der Waals surface area (Å²) in [7, 11) is 0. The van der Waals surface area contributed by atoms with Crippen molar-refractivity contribution in [2.75, 3.05) is 26.4 Å². The van der Waals surface area contributed by atoms with Gasteiger partial charge in [-0.05, 0) is 44.9 Å². The Hall–Kier alpha value is -1.99. The van der Waals surface area contributed by atoms with Crippen LogP contribution in [0.3, 0.4) is 0 Å². The van der Waals surface area contributed by atoms with Gasteiger partial charge in [0.05, 0.1) is 38.6 Å². The van der Waals surface area contributed by atoms with E-state index in [9.17, 15) is 61.0 Å². The molecule has 3 heterocycles. The first kappa shape index (κ1) is 71.3. The second kappa shape index (κ2) is 43.6. The fraction of sp³-hybridized carbons (Fsp3) is 0.883. The summed E-state index contributed by atoms with van der Waals surface area (Å²) in [6.07, 6.45) is 20.0. The molecule has 0 aromatic carbocycles. The summed E-state index contributed by atoms with van der Waals surface area (Å²) in [6.45, 7) is 1.68. The van der Waals surface area contributed by atoms with Gasteiger partial charge in [0.2, 0.25) is 5.91 Å². The normalized spacial score (nSPS) is 30.5. The Kier molecular flexibility index (Phi) is 39.4. The summed E-state index contributed by atoms with van der Waals surface area (Å²) in [5.74, 6) is -0.291. The quantitative estimate of drug-likeness (QED) is 0.0257. The minimum atomic E-state index is -1.98. The van der Waals surface area contributed by atoms with Gasteiger partial charge in [0.15, 0.2) is 18.9 Å². The van der Waals surface area contributed by atoms with Gasteiger partial charge in [0.25, 0.3) is 0 Å². The second-order valence-electron chi connectivity index (χ2n) is 22.2. The van der Waals surface area contributed by atoms with E-state index in [0.29, 0.717) is 12.8 Å². The number of carbonyl (C=O) groups excluding carboxylic acids is 1. The number of ether oxygens (including phenoxy) is 6. The molecule has 19 nitrogen and oxygen atoms in total. The topological polar surface area (TPSA) is 307 Å². The maximum Gasteiger partial charge on any atom is 0.220 e. The van der Waals surface area contributed by atoms with E-state index >= 15 is 0 Å². The number of aliphatic hydroxyl groups excluding tert-OH is 11. The van der Waals surface area contributed by atoms with Crippen LogP contribution in [0, 0.1) is 0 Å². The standard InChI is InChI=1S/C60H109NO18/c1-3-5-7-9-11-13-15-16-17-18-19-20-21-22-23-24-25-26-28-29-31-33-35-37-44(65)43(61-48(66)38-36-34-32-30-27-14-12-10-8-6-4-2)42-74-58-54(72)51(69)56(46(40-63)76-58)79-60-55(73)52(70)57(47(41-64)77-60)78-59-53(71)50(68)49(67)45(39-62)75-59/h23-24,28-29,35,37,43-47,49-60,62-65,67-73H,3-22,25-27,30-34,36,38-42H2,1-2H3,(H,61,66)/b24-23+,29-28+,37-35+. The van der Waals surface area contributed by atoms with Crippen molar-refractivity contribution < 1.29 is 89.4 Å². The van der Waals surface area contributed by atoms with Crippen molar-refractivity contribution in [2.45, 2.75) is 311 Å². The van der Waals surface area contributed by atoms with Gasteiger partial charge in [-0.25, -0.2) is 0 Å². The minimum absolute atomic E-state index is 0.234. The zero-order chi connectivity index (χ0) is 57.6. The number of hydrogen-bond donors (Lipinski definition) is 12. The van der Waals surface area contributed by atoms with E-state index in [0.717, 1.165) is 44.9 Å². The SMILES string of the molecule is CCCCCCCCCCCCCCC/C=C/CC/C=C/CC/C=C/C(O)C(COC1OC(CO)C(OC2OC(CO)C(OC3OC(CO)C(O)C(O)C3O)C(O)C2O)C(O)C1O)NC(=O)CCCCCCCCCCCCC. The third-order valence-electron chi connectivity index (χ3n) is 15.4. The Balaban J connectivity index is 1.49. The van der Waals surface area contributed by atoms with Crippen molar-refractivity contribution in [2.24, 2.45) is 0 Å². The molecule has 0 aliphatic carbocycles. The lowest BCUT2D eigenvalue weighted by molar-refractivity contribution is -0.379. The summed E-state index contributed by atoms with van der Waals surface area (Å²) < 4.78 is 34.2. The van der Waals surface area contributed by atoms with Crippen LogP contribution in [-0.4, -0.2) is 193 Å². The van der Waals surface area contributed by atoms with Gasteiger partial charge in [0, 0.05) is 6.42 Å². The van der Waals surface area contributed by atoms with Crippen LogP contribution in [0.1, 0.15) is 206 Å². The lowest BCUT2D eigenvalue weighted by Gasteiger charge is -2.48. The molecule has 3 saturated heterocycles. The fourth-order valence-corrected chi connectivity index (χ4v) is 10.3. The first-order valence-corrected chi connectivity index (χ1v) is 30.7. The average Bonchev–Trinajstić information content (AvgIpc) is 3.54. The molecule has 0 radical (unpaired) electrons. The highest BCUT2D eigenvalue weighted by molar-refractivity contribution is 5.76. The van der Waals surface area contributed by atoms with E-state index < -0.39 is 124 Å². The molecule has 17 unspecified atom stereocenters. The molecule has 1 amide bonds. The zero-order valence-corrected chi connectivity index (χ0v) is 48.1. The highest BCUT2D eigenvalue weighted by Gasteiger charge is 2.53. The number of hydrogen-bond acceptors (Lipinski definition) is 18. The monoisotopic (exact) mass is 1130 g/mol. The van der Waals surface area contributed by atoms with Crippen LogP contribution in [0.25, 0.3) is 0 Å². The van der Waals surface area contributed by atoms with Crippen LogP contribution in [0.4, 0.5) is 0 Å². The smallest absolute Gasteiger partial charge is 0.220 e. The van der Waals surface area contributed by atoms with Crippen LogP contribution in [0.2, 0.25) is 0 Å². The molecule has 3 rings (SSSR count). The van der Waals surface area contributed by atoms with Crippen molar-refractivity contribution in [1.82, 2.24) is 5.32 Å². The maximum absolute atomic E-state index is 13.3. The predicted molar refractivity (Wildman–Crippen MR) is 300 cm³/mol. The number of carbonyl (C=O) groups is 1. The van der Waals surface area contributed by atoms with E-state index in [1.54, 1.807) is 6.08 Å². The minimum Gasteiger partial charge on any atom is -0.394 e. The molecule has 3 aliphatic rings. The summed E-state index contributed by atoms with van der Waals surface area (Å²) in [5.41, 5.74) is 0. The number of unbranched alkanes of at least 4 members (excludes halogenated alkanes) is 25. The molecule has 462 valence electrons. The number of amides is 1. The molecule has 19 heteroatoms. The van der Waals surface area contributed by atoms with Gasteiger partial charge in [-0.15, -0.1) is 0 Å². The van der Waals surface area contributed by atoms with Gasteiger partial charge >= 0.3 is 0 Å². The molecule has 0 aromatic rings. The molecule has 17 atom stereocenters. The van der Waals surface area contributed by atoms with Crippen molar-refractivity contribution in [3.05, 3.63) is 36.5 Å². The Morgan fingerprint density at radius 1 is 0.443 bits per heavy atom. The number of allylic oxidation sites excluding steroid dienone is 5. The van der Waals surface area contributed by atoms with Gasteiger partial charge in [-0.2, -0.15) is 0 Å². The van der Waals surface area contributed by atoms with E-state index in [-0.39, 0.29) is 18.9 Å².